The number of aromatic nitrogens is 1. The molecule has 2 atom stereocenters. The summed E-state index contributed by atoms with van der Waals surface area (Å²) in [5.74, 6) is -0.805. The van der Waals surface area contributed by atoms with E-state index in [0.717, 1.165) is 12.8 Å². The Labute approximate surface area is 184 Å². The molecular formula is C20H23Cl2FN4O3. The predicted octanol–water partition coefficient (Wildman–Crippen LogP) is 3.36. The number of pyridine rings is 1. The highest BCUT2D eigenvalue weighted by atomic mass is 35.5. The van der Waals surface area contributed by atoms with Crippen LogP contribution in [0.5, 0.6) is 11.5 Å². The predicted molar refractivity (Wildman–Crippen MR) is 114 cm³/mol. The zero-order valence-electron chi connectivity index (χ0n) is 16.2. The van der Waals surface area contributed by atoms with Gasteiger partial charge in [-0.2, -0.15) is 0 Å². The van der Waals surface area contributed by atoms with Crippen LogP contribution >= 0.6 is 24.0 Å². The standard InChI is InChI=1S/C20H22ClFN4O3.ClH/c1-11(8-24-10-27)26-18(12-2-3-12)14-5-6-15(21)19(17(14)22)29-13-4-7-16(20(23)28)25-9-13;/h4-7,9-12,18,26H,2-3,8H2,1H3,(H2,23,28)(H,24,27);1H/t11-,18-;/m1./s1. The van der Waals surface area contributed by atoms with E-state index in [0.29, 0.717) is 24.4 Å². The molecule has 1 aliphatic rings. The Morgan fingerprint density at radius 3 is 2.70 bits per heavy atom. The molecule has 10 heteroatoms. The lowest BCUT2D eigenvalue weighted by Gasteiger charge is -2.25. The largest absolute Gasteiger partial charge is 0.451 e. The molecule has 2 aromatic rings. The van der Waals surface area contributed by atoms with Crippen molar-refractivity contribution < 1.29 is 18.7 Å². The van der Waals surface area contributed by atoms with Gasteiger partial charge in [0.1, 0.15) is 11.4 Å². The van der Waals surface area contributed by atoms with Crippen LogP contribution in [0.25, 0.3) is 0 Å². The first-order valence-corrected chi connectivity index (χ1v) is 9.63. The summed E-state index contributed by atoms with van der Waals surface area (Å²) in [4.78, 5) is 25.5. The van der Waals surface area contributed by atoms with Gasteiger partial charge in [-0.05, 0) is 43.9 Å². The molecule has 162 valence electrons. The summed E-state index contributed by atoms with van der Waals surface area (Å²) in [6.07, 6.45) is 3.90. The van der Waals surface area contributed by atoms with Crippen molar-refractivity contribution in [3.8, 4) is 11.5 Å². The van der Waals surface area contributed by atoms with Crippen molar-refractivity contribution in [2.24, 2.45) is 11.7 Å². The SMILES string of the molecule is C[C@H](CNC=O)N[C@@H](c1ccc(Cl)c(Oc2ccc(C(N)=O)nc2)c1F)C1CC1.Cl. The van der Waals surface area contributed by atoms with Crippen LogP contribution in [0, 0.1) is 11.7 Å². The number of carbonyl (C=O) groups excluding carboxylic acids is 2. The van der Waals surface area contributed by atoms with Gasteiger partial charge in [-0.3, -0.25) is 9.59 Å². The Morgan fingerprint density at radius 1 is 1.40 bits per heavy atom. The van der Waals surface area contributed by atoms with Gasteiger partial charge in [0.15, 0.2) is 11.6 Å². The zero-order valence-corrected chi connectivity index (χ0v) is 17.8. The second-order valence-electron chi connectivity index (χ2n) is 7.03. The van der Waals surface area contributed by atoms with Crippen LogP contribution in [-0.2, 0) is 4.79 Å². The number of ether oxygens (including phenoxy) is 1. The number of benzene rings is 1. The first-order valence-electron chi connectivity index (χ1n) is 9.25. The molecule has 1 fully saturated rings. The lowest BCUT2D eigenvalue weighted by molar-refractivity contribution is -0.109. The molecule has 0 saturated heterocycles. The molecular weight excluding hydrogens is 434 g/mol. The number of hydrogen-bond donors (Lipinski definition) is 3. The summed E-state index contributed by atoms with van der Waals surface area (Å²) in [5, 5.41) is 6.12. The van der Waals surface area contributed by atoms with Crippen LogP contribution in [0.3, 0.4) is 0 Å². The topological polar surface area (TPSA) is 106 Å². The van der Waals surface area contributed by atoms with Crippen molar-refractivity contribution in [3.05, 3.63) is 52.6 Å². The number of amides is 2. The second kappa shape index (κ2) is 10.6. The van der Waals surface area contributed by atoms with Gasteiger partial charge in [0.2, 0.25) is 6.41 Å². The molecule has 0 unspecified atom stereocenters. The van der Waals surface area contributed by atoms with Gasteiger partial charge in [0, 0.05) is 24.2 Å². The van der Waals surface area contributed by atoms with Gasteiger partial charge >= 0.3 is 0 Å². The Bertz CT molecular complexity index is 894. The number of nitrogens with two attached hydrogens (primary N) is 1. The molecule has 7 nitrogen and oxygen atoms in total. The lowest BCUT2D eigenvalue weighted by Crippen LogP contribution is -2.39. The fourth-order valence-corrected chi connectivity index (χ4v) is 3.27. The van der Waals surface area contributed by atoms with E-state index in [4.69, 9.17) is 22.1 Å². The molecule has 0 aliphatic heterocycles. The molecule has 1 aliphatic carbocycles. The van der Waals surface area contributed by atoms with E-state index in [2.05, 4.69) is 15.6 Å². The third-order valence-corrected chi connectivity index (χ3v) is 4.99. The van der Waals surface area contributed by atoms with Crippen molar-refractivity contribution in [1.82, 2.24) is 15.6 Å². The Hall–Kier alpha value is -2.42. The van der Waals surface area contributed by atoms with E-state index in [1.807, 2.05) is 6.92 Å². The third-order valence-electron chi connectivity index (χ3n) is 4.69. The molecule has 4 N–H and O–H groups in total. The summed E-state index contributed by atoms with van der Waals surface area (Å²) >= 11 is 6.18. The maximum atomic E-state index is 15.4. The van der Waals surface area contributed by atoms with Crippen LogP contribution in [0.4, 0.5) is 4.39 Å². The van der Waals surface area contributed by atoms with Crippen LogP contribution in [0.2, 0.25) is 5.02 Å². The van der Waals surface area contributed by atoms with E-state index in [9.17, 15) is 9.59 Å². The molecule has 1 aromatic carbocycles. The van der Waals surface area contributed by atoms with E-state index < -0.39 is 11.7 Å². The van der Waals surface area contributed by atoms with Crippen molar-refractivity contribution >= 4 is 36.3 Å². The number of halogens is 3. The minimum absolute atomic E-state index is 0. The quantitative estimate of drug-likeness (QED) is 0.475. The third kappa shape index (κ3) is 5.81. The average molecular weight is 457 g/mol. The molecule has 1 aromatic heterocycles. The van der Waals surface area contributed by atoms with E-state index >= 15 is 4.39 Å². The van der Waals surface area contributed by atoms with Crippen LogP contribution in [-0.4, -0.2) is 29.9 Å². The average Bonchev–Trinajstić information content (AvgIpc) is 3.54. The summed E-state index contributed by atoms with van der Waals surface area (Å²) in [7, 11) is 0. The normalized spacial score (nSPS) is 14.9. The van der Waals surface area contributed by atoms with Crippen molar-refractivity contribution in [2.45, 2.75) is 31.8 Å². The Kier molecular flexibility index (Phi) is 8.40. The lowest BCUT2D eigenvalue weighted by atomic mass is 10.00. The molecule has 1 saturated carbocycles. The summed E-state index contributed by atoms with van der Waals surface area (Å²) in [6, 6.07) is 5.83. The fraction of sp³-hybridized carbons (Fsp3) is 0.350. The van der Waals surface area contributed by atoms with E-state index in [1.54, 1.807) is 12.1 Å². The smallest absolute Gasteiger partial charge is 0.267 e. The van der Waals surface area contributed by atoms with Crippen molar-refractivity contribution in [2.75, 3.05) is 6.54 Å². The number of nitrogens with zero attached hydrogens (tertiary/aromatic N) is 1. The number of nitrogens with one attached hydrogen (secondary N) is 2. The zero-order chi connectivity index (χ0) is 21.0. The highest BCUT2D eigenvalue weighted by Crippen LogP contribution is 2.44. The maximum Gasteiger partial charge on any atom is 0.267 e. The minimum atomic E-state index is -0.667. The van der Waals surface area contributed by atoms with Gasteiger partial charge in [0.25, 0.3) is 5.91 Å². The second-order valence-corrected chi connectivity index (χ2v) is 7.44. The fourth-order valence-electron chi connectivity index (χ4n) is 3.09. The molecule has 1 heterocycles. The summed E-state index contributed by atoms with van der Waals surface area (Å²) < 4.78 is 21.0. The molecule has 30 heavy (non-hydrogen) atoms. The molecule has 2 amide bonds. The molecule has 0 bridgehead atoms. The Morgan fingerprint density at radius 2 is 2.13 bits per heavy atom. The van der Waals surface area contributed by atoms with Gasteiger partial charge in [-0.15, -0.1) is 12.4 Å². The molecule has 0 radical (unpaired) electrons. The monoisotopic (exact) mass is 456 g/mol. The summed E-state index contributed by atoms with van der Waals surface area (Å²) in [6.45, 7) is 2.35. The number of rotatable bonds is 10. The minimum Gasteiger partial charge on any atom is -0.451 e. The van der Waals surface area contributed by atoms with Crippen LogP contribution in [0.15, 0.2) is 30.5 Å². The maximum absolute atomic E-state index is 15.4. The number of primary amides is 1. The summed E-state index contributed by atoms with van der Waals surface area (Å²) in [5.41, 5.74) is 5.70. The Balaban J connectivity index is 0.00000320. The van der Waals surface area contributed by atoms with Gasteiger partial charge in [-0.1, -0.05) is 17.7 Å². The van der Waals surface area contributed by atoms with Crippen LogP contribution < -0.4 is 21.1 Å². The van der Waals surface area contributed by atoms with Gasteiger partial charge in [-0.25, -0.2) is 9.37 Å². The first-order chi connectivity index (χ1) is 13.9. The van der Waals surface area contributed by atoms with Crippen molar-refractivity contribution in [1.29, 1.82) is 0 Å². The van der Waals surface area contributed by atoms with Crippen LogP contribution in [0.1, 0.15) is 41.9 Å². The number of hydrogen-bond acceptors (Lipinski definition) is 5. The van der Waals surface area contributed by atoms with E-state index in [1.165, 1.54) is 18.3 Å². The van der Waals surface area contributed by atoms with Crippen molar-refractivity contribution in [3.63, 3.8) is 0 Å². The van der Waals surface area contributed by atoms with E-state index in [-0.39, 0.29) is 46.7 Å². The molecule has 0 spiro atoms. The highest BCUT2D eigenvalue weighted by molar-refractivity contribution is 6.32. The number of carbonyl (C=O) groups is 2. The highest BCUT2D eigenvalue weighted by Gasteiger charge is 2.35. The first kappa shape index (κ1) is 23.9. The molecule has 3 rings (SSSR count). The van der Waals surface area contributed by atoms with Gasteiger partial charge in [0.05, 0.1) is 11.2 Å². The van der Waals surface area contributed by atoms with Gasteiger partial charge < -0.3 is 21.1 Å².